The SMILES string of the molecule is CCOc1cc(C(CS(C)(=O)=O)N2C(=O)c3cccc(N(C(C)=O)N(C)C)c3C2=O)ccc1OC. The van der Waals surface area contributed by atoms with E-state index in [9.17, 15) is 22.8 Å². The van der Waals surface area contributed by atoms with Crippen LogP contribution in [0.15, 0.2) is 36.4 Å². The standard InChI is InChI=1S/C24H29N3O7S/c1-7-34-21-13-16(11-12-20(21)33-5)19(14-35(6,31)32)26-23(29)17-9-8-10-18(22(17)24(26)30)27(15(2)28)25(3)4/h8-13,19H,7,14H2,1-6H3. The number of hydrogen-bond donors (Lipinski definition) is 0. The molecule has 0 saturated heterocycles. The van der Waals surface area contributed by atoms with Gasteiger partial charge in [-0.2, -0.15) is 0 Å². The number of hydrazine groups is 1. The summed E-state index contributed by atoms with van der Waals surface area (Å²) < 4.78 is 35.7. The van der Waals surface area contributed by atoms with Crippen LogP contribution in [0, 0.1) is 0 Å². The van der Waals surface area contributed by atoms with Gasteiger partial charge in [0.1, 0.15) is 9.84 Å². The minimum absolute atomic E-state index is 0.0402. The van der Waals surface area contributed by atoms with E-state index in [1.807, 2.05) is 0 Å². The van der Waals surface area contributed by atoms with Crippen LogP contribution in [0.25, 0.3) is 0 Å². The molecule has 2 aromatic rings. The fraction of sp³-hybridized carbons (Fsp3) is 0.375. The maximum atomic E-state index is 13.7. The van der Waals surface area contributed by atoms with Crippen molar-refractivity contribution >= 4 is 33.2 Å². The number of sulfone groups is 1. The maximum absolute atomic E-state index is 13.7. The molecule has 10 nitrogen and oxygen atoms in total. The Bertz CT molecular complexity index is 1270. The van der Waals surface area contributed by atoms with Gasteiger partial charge in [-0.15, -0.1) is 0 Å². The third kappa shape index (κ3) is 5.15. The average Bonchev–Trinajstić information content (AvgIpc) is 3.02. The van der Waals surface area contributed by atoms with Gasteiger partial charge in [0, 0.05) is 27.3 Å². The molecule has 1 unspecified atom stereocenters. The molecule has 0 fully saturated rings. The van der Waals surface area contributed by atoms with Crippen molar-refractivity contribution in [3.8, 4) is 11.5 Å². The van der Waals surface area contributed by atoms with Crippen LogP contribution in [0.3, 0.4) is 0 Å². The summed E-state index contributed by atoms with van der Waals surface area (Å²) in [6.07, 6.45) is 1.04. The summed E-state index contributed by atoms with van der Waals surface area (Å²) in [7, 11) is 1.12. The van der Waals surface area contributed by atoms with Crippen LogP contribution in [0.4, 0.5) is 5.69 Å². The van der Waals surface area contributed by atoms with Gasteiger partial charge in [-0.25, -0.2) is 18.4 Å². The van der Waals surface area contributed by atoms with Crippen LogP contribution in [-0.2, 0) is 14.6 Å². The fourth-order valence-corrected chi connectivity index (χ4v) is 5.10. The van der Waals surface area contributed by atoms with E-state index in [1.165, 1.54) is 30.1 Å². The molecule has 1 aliphatic heterocycles. The summed E-state index contributed by atoms with van der Waals surface area (Å²) in [6.45, 7) is 3.47. The van der Waals surface area contributed by atoms with Crippen molar-refractivity contribution in [2.45, 2.75) is 19.9 Å². The Labute approximate surface area is 204 Å². The lowest BCUT2D eigenvalue weighted by Gasteiger charge is -2.29. The number of imide groups is 1. The Morgan fingerprint density at radius 2 is 1.77 bits per heavy atom. The van der Waals surface area contributed by atoms with Gasteiger partial charge in [-0.1, -0.05) is 12.1 Å². The van der Waals surface area contributed by atoms with Gasteiger partial charge in [-0.3, -0.25) is 19.3 Å². The second-order valence-corrected chi connectivity index (χ2v) is 10.5. The van der Waals surface area contributed by atoms with E-state index in [1.54, 1.807) is 51.4 Å². The van der Waals surface area contributed by atoms with Gasteiger partial charge >= 0.3 is 0 Å². The number of hydrogen-bond acceptors (Lipinski definition) is 8. The van der Waals surface area contributed by atoms with E-state index >= 15 is 0 Å². The first kappa shape index (κ1) is 26.2. The summed E-state index contributed by atoms with van der Waals surface area (Å²) in [6, 6.07) is 8.29. The van der Waals surface area contributed by atoms with Gasteiger partial charge in [0.25, 0.3) is 11.8 Å². The maximum Gasteiger partial charge on any atom is 0.264 e. The van der Waals surface area contributed by atoms with Crippen LogP contribution in [-0.4, -0.2) is 75.9 Å². The van der Waals surface area contributed by atoms with E-state index in [0.717, 1.165) is 11.2 Å². The second-order valence-electron chi connectivity index (χ2n) is 8.31. The van der Waals surface area contributed by atoms with Crippen LogP contribution < -0.4 is 14.5 Å². The largest absolute Gasteiger partial charge is 0.493 e. The van der Waals surface area contributed by atoms with E-state index in [4.69, 9.17) is 9.47 Å². The topological polar surface area (TPSA) is 114 Å². The highest BCUT2D eigenvalue weighted by Gasteiger charge is 2.44. The first-order chi connectivity index (χ1) is 16.4. The molecule has 0 spiro atoms. The molecular weight excluding hydrogens is 474 g/mol. The first-order valence-electron chi connectivity index (χ1n) is 10.9. The van der Waals surface area contributed by atoms with Crippen LogP contribution in [0.5, 0.6) is 11.5 Å². The monoisotopic (exact) mass is 503 g/mol. The molecule has 0 N–H and O–H groups in total. The number of benzene rings is 2. The molecule has 35 heavy (non-hydrogen) atoms. The van der Waals surface area contributed by atoms with Crippen molar-refractivity contribution in [2.24, 2.45) is 0 Å². The Kier molecular flexibility index (Phi) is 7.51. The average molecular weight is 504 g/mol. The zero-order valence-electron chi connectivity index (χ0n) is 20.6. The molecule has 1 atom stereocenters. The number of rotatable bonds is 9. The Morgan fingerprint density at radius 3 is 2.31 bits per heavy atom. The predicted octanol–water partition coefficient (Wildman–Crippen LogP) is 2.31. The fourth-order valence-electron chi connectivity index (χ4n) is 4.19. The lowest BCUT2D eigenvalue weighted by atomic mass is 10.1. The molecule has 1 aliphatic rings. The second kappa shape index (κ2) is 10.0. The number of carbonyl (C=O) groups excluding carboxylic acids is 3. The quantitative estimate of drug-likeness (QED) is 0.378. The van der Waals surface area contributed by atoms with Crippen molar-refractivity contribution in [3.63, 3.8) is 0 Å². The Morgan fingerprint density at radius 1 is 1.09 bits per heavy atom. The molecule has 1 heterocycles. The number of methoxy groups -OCH3 is 1. The predicted molar refractivity (Wildman–Crippen MR) is 130 cm³/mol. The van der Waals surface area contributed by atoms with Crippen molar-refractivity contribution in [3.05, 3.63) is 53.1 Å². The minimum Gasteiger partial charge on any atom is -0.493 e. The van der Waals surface area contributed by atoms with Crippen molar-refractivity contribution in [1.82, 2.24) is 9.91 Å². The van der Waals surface area contributed by atoms with Crippen LogP contribution >= 0.6 is 0 Å². The molecule has 0 radical (unpaired) electrons. The van der Waals surface area contributed by atoms with E-state index in [-0.39, 0.29) is 22.7 Å². The summed E-state index contributed by atoms with van der Waals surface area (Å²) in [5.41, 5.74) is 0.770. The molecule has 0 aliphatic carbocycles. The molecule has 3 amide bonds. The Balaban J connectivity index is 2.18. The molecule has 11 heteroatoms. The molecule has 188 valence electrons. The van der Waals surface area contributed by atoms with Crippen molar-refractivity contribution in [1.29, 1.82) is 0 Å². The normalized spacial score (nSPS) is 14.2. The van der Waals surface area contributed by atoms with E-state index < -0.39 is 33.4 Å². The number of fused-ring (bicyclic) bond motifs is 1. The minimum atomic E-state index is -3.63. The number of ether oxygens (including phenoxy) is 2. The molecule has 0 saturated carbocycles. The van der Waals surface area contributed by atoms with Gasteiger partial charge in [0.15, 0.2) is 11.5 Å². The lowest BCUT2D eigenvalue weighted by molar-refractivity contribution is -0.118. The smallest absolute Gasteiger partial charge is 0.264 e. The molecule has 3 rings (SSSR count). The molecule has 0 aromatic heterocycles. The lowest BCUT2D eigenvalue weighted by Crippen LogP contribution is -2.42. The third-order valence-electron chi connectivity index (χ3n) is 5.50. The summed E-state index contributed by atoms with van der Waals surface area (Å²) in [5.74, 6) is -1.38. The van der Waals surface area contributed by atoms with Crippen LogP contribution in [0.1, 0.15) is 46.2 Å². The van der Waals surface area contributed by atoms with E-state index in [2.05, 4.69) is 0 Å². The van der Waals surface area contributed by atoms with Gasteiger partial charge in [-0.05, 0) is 36.8 Å². The number of anilines is 1. The Hall–Kier alpha value is -3.44. The number of amides is 3. The zero-order chi connectivity index (χ0) is 26.1. The van der Waals surface area contributed by atoms with Gasteiger partial charge in [0.2, 0.25) is 5.91 Å². The molecule has 0 bridgehead atoms. The zero-order valence-corrected chi connectivity index (χ0v) is 21.4. The highest BCUT2D eigenvalue weighted by atomic mass is 32.2. The number of nitrogens with zero attached hydrogens (tertiary/aromatic N) is 3. The summed E-state index contributed by atoms with van der Waals surface area (Å²) in [4.78, 5) is 40.5. The van der Waals surface area contributed by atoms with Crippen molar-refractivity contribution < 1.29 is 32.3 Å². The van der Waals surface area contributed by atoms with E-state index in [0.29, 0.717) is 23.7 Å². The molecular formula is C24H29N3O7S. The van der Waals surface area contributed by atoms with Gasteiger partial charge < -0.3 is 9.47 Å². The van der Waals surface area contributed by atoms with Crippen molar-refractivity contribution in [2.75, 3.05) is 44.8 Å². The first-order valence-corrected chi connectivity index (χ1v) is 12.9. The number of carbonyl (C=O) groups is 3. The van der Waals surface area contributed by atoms with Gasteiger partial charge in [0.05, 0.1) is 42.3 Å². The summed E-state index contributed by atoms with van der Waals surface area (Å²) >= 11 is 0. The highest BCUT2D eigenvalue weighted by Crippen LogP contribution is 2.39. The van der Waals surface area contributed by atoms with Crippen LogP contribution in [0.2, 0.25) is 0 Å². The highest BCUT2D eigenvalue weighted by molar-refractivity contribution is 7.90. The third-order valence-corrected chi connectivity index (χ3v) is 6.42. The molecule has 2 aromatic carbocycles. The summed E-state index contributed by atoms with van der Waals surface area (Å²) in [5, 5.41) is 2.78.